The largest absolute Gasteiger partial charge is 0.318 e. The number of carbonyl (C=O) groups excluding carboxylic acids is 1. The van der Waals surface area contributed by atoms with Crippen LogP contribution in [-0.2, 0) is 11.2 Å². The van der Waals surface area contributed by atoms with Gasteiger partial charge in [0.25, 0.3) is 0 Å². The maximum absolute atomic E-state index is 13.2. The molecule has 3 nitrogen and oxygen atoms in total. The zero-order valence-electron chi connectivity index (χ0n) is 9.29. The molecular formula is C12H15FN2O. The van der Waals surface area contributed by atoms with Crippen LogP contribution in [-0.4, -0.2) is 26.0 Å². The van der Waals surface area contributed by atoms with Gasteiger partial charge in [0, 0.05) is 25.2 Å². The van der Waals surface area contributed by atoms with Gasteiger partial charge in [-0.1, -0.05) is 6.07 Å². The first-order valence-corrected chi connectivity index (χ1v) is 5.46. The van der Waals surface area contributed by atoms with Crippen molar-refractivity contribution in [2.24, 2.45) is 0 Å². The molecule has 0 unspecified atom stereocenters. The molecule has 1 aromatic carbocycles. The van der Waals surface area contributed by atoms with Gasteiger partial charge in [-0.2, -0.15) is 0 Å². The van der Waals surface area contributed by atoms with Gasteiger partial charge in [0.1, 0.15) is 5.82 Å². The van der Waals surface area contributed by atoms with E-state index in [1.807, 2.05) is 7.05 Å². The standard InChI is InChI=1S/C12H15FN2O/c1-14-6-7-15-11-8-10(13)4-2-9(11)3-5-12(15)16/h2,4,8,14H,3,5-7H2,1H3. The third kappa shape index (κ3) is 2.07. The number of nitrogens with zero attached hydrogens (tertiary/aromatic N) is 1. The average Bonchev–Trinajstić information content (AvgIpc) is 2.28. The lowest BCUT2D eigenvalue weighted by molar-refractivity contribution is -0.118. The zero-order valence-corrected chi connectivity index (χ0v) is 9.29. The Kier molecular flexibility index (Phi) is 3.19. The molecule has 0 bridgehead atoms. The van der Waals surface area contributed by atoms with Crippen molar-refractivity contribution in [2.45, 2.75) is 12.8 Å². The second-order valence-electron chi connectivity index (χ2n) is 3.92. The highest BCUT2D eigenvalue weighted by atomic mass is 19.1. The molecule has 1 aliphatic heterocycles. The number of benzene rings is 1. The number of halogens is 1. The van der Waals surface area contributed by atoms with E-state index in [-0.39, 0.29) is 11.7 Å². The third-order valence-electron chi connectivity index (χ3n) is 2.83. The first kappa shape index (κ1) is 11.1. The molecule has 16 heavy (non-hydrogen) atoms. The van der Waals surface area contributed by atoms with Crippen LogP contribution in [0.2, 0.25) is 0 Å². The Balaban J connectivity index is 2.31. The van der Waals surface area contributed by atoms with Gasteiger partial charge < -0.3 is 10.2 Å². The monoisotopic (exact) mass is 222 g/mol. The van der Waals surface area contributed by atoms with Gasteiger partial charge in [0.05, 0.1) is 0 Å². The van der Waals surface area contributed by atoms with E-state index >= 15 is 0 Å². The molecule has 0 atom stereocenters. The minimum Gasteiger partial charge on any atom is -0.318 e. The van der Waals surface area contributed by atoms with E-state index in [2.05, 4.69) is 5.32 Å². The highest BCUT2D eigenvalue weighted by Gasteiger charge is 2.23. The first-order chi connectivity index (χ1) is 7.72. The van der Waals surface area contributed by atoms with Crippen LogP contribution in [0.4, 0.5) is 10.1 Å². The lowest BCUT2D eigenvalue weighted by Crippen LogP contribution is -2.39. The summed E-state index contributed by atoms with van der Waals surface area (Å²) in [5.74, 6) is -0.212. The van der Waals surface area contributed by atoms with E-state index in [0.717, 1.165) is 11.3 Å². The molecule has 2 rings (SSSR count). The van der Waals surface area contributed by atoms with Crippen LogP contribution >= 0.6 is 0 Å². The molecule has 0 aromatic heterocycles. The number of amides is 1. The summed E-state index contributed by atoms with van der Waals surface area (Å²) in [7, 11) is 1.83. The second-order valence-corrected chi connectivity index (χ2v) is 3.92. The van der Waals surface area contributed by atoms with Crippen molar-refractivity contribution in [3.8, 4) is 0 Å². The molecule has 1 amide bonds. The smallest absolute Gasteiger partial charge is 0.227 e. The van der Waals surface area contributed by atoms with Crippen molar-refractivity contribution in [2.75, 3.05) is 25.0 Å². The number of hydrogen-bond acceptors (Lipinski definition) is 2. The molecule has 0 radical (unpaired) electrons. The number of hydrogen-bond donors (Lipinski definition) is 1. The summed E-state index contributed by atoms with van der Waals surface area (Å²) < 4.78 is 13.2. The summed E-state index contributed by atoms with van der Waals surface area (Å²) in [5, 5.41) is 2.99. The molecule has 1 aromatic rings. The van der Waals surface area contributed by atoms with Crippen LogP contribution in [0.1, 0.15) is 12.0 Å². The fraction of sp³-hybridized carbons (Fsp3) is 0.417. The molecule has 0 saturated heterocycles. The quantitative estimate of drug-likeness (QED) is 0.836. The number of aryl methyl sites for hydroxylation is 1. The molecule has 0 fully saturated rings. The molecule has 1 aliphatic rings. The second kappa shape index (κ2) is 4.61. The molecule has 0 spiro atoms. The lowest BCUT2D eigenvalue weighted by atomic mass is 10.0. The van der Waals surface area contributed by atoms with E-state index in [0.29, 0.717) is 25.9 Å². The highest BCUT2D eigenvalue weighted by molar-refractivity contribution is 5.96. The van der Waals surface area contributed by atoms with E-state index in [1.54, 1.807) is 11.0 Å². The zero-order chi connectivity index (χ0) is 11.5. The van der Waals surface area contributed by atoms with Crippen LogP contribution < -0.4 is 10.2 Å². The van der Waals surface area contributed by atoms with E-state index in [4.69, 9.17) is 0 Å². The fourth-order valence-electron chi connectivity index (χ4n) is 1.98. The van der Waals surface area contributed by atoms with Gasteiger partial charge in [0.15, 0.2) is 0 Å². The van der Waals surface area contributed by atoms with Gasteiger partial charge in [-0.05, 0) is 31.2 Å². The van der Waals surface area contributed by atoms with Gasteiger partial charge in [-0.3, -0.25) is 4.79 Å². The topological polar surface area (TPSA) is 32.3 Å². The summed E-state index contributed by atoms with van der Waals surface area (Å²) in [4.78, 5) is 13.4. The van der Waals surface area contributed by atoms with Gasteiger partial charge >= 0.3 is 0 Å². The number of rotatable bonds is 3. The van der Waals surface area contributed by atoms with Gasteiger partial charge in [0.2, 0.25) is 5.91 Å². The molecule has 4 heteroatoms. The van der Waals surface area contributed by atoms with Crippen LogP contribution in [0, 0.1) is 5.82 Å². The predicted molar refractivity (Wildman–Crippen MR) is 61.0 cm³/mol. The fourth-order valence-corrected chi connectivity index (χ4v) is 1.98. The van der Waals surface area contributed by atoms with Crippen molar-refractivity contribution >= 4 is 11.6 Å². The first-order valence-electron chi connectivity index (χ1n) is 5.46. The average molecular weight is 222 g/mol. The van der Waals surface area contributed by atoms with Crippen molar-refractivity contribution in [1.82, 2.24) is 5.32 Å². The van der Waals surface area contributed by atoms with Crippen LogP contribution in [0.15, 0.2) is 18.2 Å². The number of anilines is 1. The SMILES string of the molecule is CNCCN1C(=O)CCc2ccc(F)cc21. The molecule has 86 valence electrons. The number of likely N-dealkylation sites (N-methyl/N-ethyl adjacent to an activating group) is 1. The number of fused-ring (bicyclic) bond motifs is 1. The van der Waals surface area contributed by atoms with Crippen LogP contribution in [0.3, 0.4) is 0 Å². The van der Waals surface area contributed by atoms with E-state index in [1.165, 1.54) is 12.1 Å². The Hall–Kier alpha value is -1.42. The van der Waals surface area contributed by atoms with Crippen molar-refractivity contribution in [3.63, 3.8) is 0 Å². The Bertz CT molecular complexity index is 406. The number of nitrogens with one attached hydrogen (secondary N) is 1. The van der Waals surface area contributed by atoms with E-state index in [9.17, 15) is 9.18 Å². The van der Waals surface area contributed by atoms with Crippen LogP contribution in [0.25, 0.3) is 0 Å². The highest BCUT2D eigenvalue weighted by Crippen LogP contribution is 2.28. The summed E-state index contributed by atoms with van der Waals surface area (Å²) in [6, 6.07) is 4.66. The maximum atomic E-state index is 13.2. The van der Waals surface area contributed by atoms with Crippen molar-refractivity contribution < 1.29 is 9.18 Å². The summed E-state index contributed by atoms with van der Waals surface area (Å²) >= 11 is 0. The van der Waals surface area contributed by atoms with Crippen LogP contribution in [0.5, 0.6) is 0 Å². The molecule has 1 heterocycles. The summed E-state index contributed by atoms with van der Waals surface area (Å²) in [6.45, 7) is 1.30. The minimum atomic E-state index is -0.289. The van der Waals surface area contributed by atoms with Gasteiger partial charge in [-0.25, -0.2) is 4.39 Å². The van der Waals surface area contributed by atoms with Crippen molar-refractivity contribution in [1.29, 1.82) is 0 Å². The Labute approximate surface area is 94.3 Å². The molecule has 0 saturated carbocycles. The summed E-state index contributed by atoms with van der Waals surface area (Å²) in [6.07, 6.45) is 1.23. The Morgan fingerprint density at radius 3 is 3.00 bits per heavy atom. The number of carbonyl (C=O) groups is 1. The van der Waals surface area contributed by atoms with Gasteiger partial charge in [-0.15, -0.1) is 0 Å². The van der Waals surface area contributed by atoms with E-state index < -0.39 is 0 Å². The Morgan fingerprint density at radius 2 is 2.25 bits per heavy atom. The molecular weight excluding hydrogens is 207 g/mol. The molecule has 0 aliphatic carbocycles. The lowest BCUT2D eigenvalue weighted by Gasteiger charge is -2.29. The third-order valence-corrected chi connectivity index (χ3v) is 2.83. The minimum absolute atomic E-state index is 0.0772. The summed E-state index contributed by atoms with van der Waals surface area (Å²) in [5.41, 5.74) is 1.78. The predicted octanol–water partition coefficient (Wildman–Crippen LogP) is 1.32. The maximum Gasteiger partial charge on any atom is 0.227 e. The normalized spacial score (nSPS) is 15.1. The molecule has 1 N–H and O–H groups in total. The van der Waals surface area contributed by atoms with Crippen molar-refractivity contribution in [3.05, 3.63) is 29.6 Å². The Morgan fingerprint density at radius 1 is 1.44 bits per heavy atom.